The Morgan fingerprint density at radius 2 is 2.11 bits per heavy atom. The molecule has 0 saturated carbocycles. The molecular formula is C15H26N4. The standard InChI is InChI=1S/C15H26N4/c1-13-10-14(11-16-2)12-17-15(13)18(3)8-9-19-6-4-5-7-19/h10,12,16H,4-9,11H2,1-3H3. The van der Waals surface area contributed by atoms with Gasteiger partial charge >= 0.3 is 0 Å². The highest BCUT2D eigenvalue weighted by Crippen LogP contribution is 2.17. The van der Waals surface area contributed by atoms with Crippen molar-refractivity contribution >= 4 is 5.82 Å². The van der Waals surface area contributed by atoms with Crippen molar-refractivity contribution in [2.45, 2.75) is 26.3 Å². The lowest BCUT2D eigenvalue weighted by atomic mass is 10.2. The van der Waals surface area contributed by atoms with Crippen LogP contribution in [0, 0.1) is 6.92 Å². The third-order valence-electron chi connectivity index (χ3n) is 3.80. The monoisotopic (exact) mass is 262 g/mol. The zero-order valence-corrected chi connectivity index (χ0v) is 12.4. The number of likely N-dealkylation sites (tertiary alicyclic amines) is 1. The summed E-state index contributed by atoms with van der Waals surface area (Å²) in [6.07, 6.45) is 4.70. The summed E-state index contributed by atoms with van der Waals surface area (Å²) >= 11 is 0. The first-order valence-electron chi connectivity index (χ1n) is 7.24. The molecule has 0 radical (unpaired) electrons. The molecule has 1 saturated heterocycles. The highest BCUT2D eigenvalue weighted by molar-refractivity contribution is 5.46. The van der Waals surface area contributed by atoms with Gasteiger partial charge in [-0.2, -0.15) is 0 Å². The van der Waals surface area contributed by atoms with Crippen LogP contribution in [-0.4, -0.2) is 50.2 Å². The van der Waals surface area contributed by atoms with Gasteiger partial charge in [0, 0.05) is 32.9 Å². The molecule has 0 atom stereocenters. The molecule has 2 heterocycles. The van der Waals surface area contributed by atoms with Crippen molar-refractivity contribution in [2.75, 3.05) is 45.2 Å². The normalized spacial score (nSPS) is 15.9. The van der Waals surface area contributed by atoms with Crippen molar-refractivity contribution in [1.82, 2.24) is 15.2 Å². The molecule has 1 aliphatic rings. The highest BCUT2D eigenvalue weighted by atomic mass is 15.2. The quantitative estimate of drug-likeness (QED) is 0.844. The third kappa shape index (κ3) is 3.91. The molecule has 4 nitrogen and oxygen atoms in total. The van der Waals surface area contributed by atoms with E-state index in [4.69, 9.17) is 0 Å². The minimum absolute atomic E-state index is 0.881. The number of likely N-dealkylation sites (N-methyl/N-ethyl adjacent to an activating group) is 1. The van der Waals surface area contributed by atoms with Crippen LogP contribution in [0.2, 0.25) is 0 Å². The first-order valence-corrected chi connectivity index (χ1v) is 7.24. The van der Waals surface area contributed by atoms with Gasteiger partial charge in [-0.3, -0.25) is 0 Å². The number of nitrogens with one attached hydrogen (secondary N) is 1. The van der Waals surface area contributed by atoms with E-state index < -0.39 is 0 Å². The molecule has 0 aliphatic carbocycles. The van der Waals surface area contributed by atoms with Gasteiger partial charge in [-0.1, -0.05) is 0 Å². The smallest absolute Gasteiger partial charge is 0.131 e. The maximum absolute atomic E-state index is 4.61. The molecule has 0 aromatic carbocycles. The van der Waals surface area contributed by atoms with E-state index >= 15 is 0 Å². The van der Waals surface area contributed by atoms with Crippen LogP contribution in [0.4, 0.5) is 5.82 Å². The van der Waals surface area contributed by atoms with Crippen molar-refractivity contribution in [2.24, 2.45) is 0 Å². The average molecular weight is 262 g/mol. The van der Waals surface area contributed by atoms with Crippen LogP contribution in [0.1, 0.15) is 24.0 Å². The molecule has 4 heteroatoms. The van der Waals surface area contributed by atoms with Crippen LogP contribution in [0.25, 0.3) is 0 Å². The van der Waals surface area contributed by atoms with Crippen molar-refractivity contribution < 1.29 is 0 Å². The van der Waals surface area contributed by atoms with Gasteiger partial charge in [-0.15, -0.1) is 0 Å². The first-order chi connectivity index (χ1) is 9.20. The fourth-order valence-corrected chi connectivity index (χ4v) is 2.73. The lowest BCUT2D eigenvalue weighted by Crippen LogP contribution is -2.32. The van der Waals surface area contributed by atoms with Crippen LogP contribution < -0.4 is 10.2 Å². The number of hydrogen-bond donors (Lipinski definition) is 1. The molecule has 0 amide bonds. The highest BCUT2D eigenvalue weighted by Gasteiger charge is 2.13. The molecule has 0 bridgehead atoms. The average Bonchev–Trinajstić information content (AvgIpc) is 2.89. The van der Waals surface area contributed by atoms with Crippen LogP contribution in [0.3, 0.4) is 0 Å². The molecule has 1 aromatic heterocycles. The summed E-state index contributed by atoms with van der Waals surface area (Å²) in [5.74, 6) is 1.11. The van der Waals surface area contributed by atoms with E-state index in [9.17, 15) is 0 Å². The molecule has 0 unspecified atom stereocenters. The van der Waals surface area contributed by atoms with E-state index in [0.717, 1.165) is 25.5 Å². The zero-order chi connectivity index (χ0) is 13.7. The van der Waals surface area contributed by atoms with E-state index in [1.807, 2.05) is 13.2 Å². The predicted octanol–water partition coefficient (Wildman–Crippen LogP) is 1.64. The molecular weight excluding hydrogens is 236 g/mol. The molecule has 1 aromatic rings. The third-order valence-corrected chi connectivity index (χ3v) is 3.80. The summed E-state index contributed by atoms with van der Waals surface area (Å²) in [7, 11) is 4.11. The zero-order valence-electron chi connectivity index (χ0n) is 12.4. The van der Waals surface area contributed by atoms with Gasteiger partial charge in [0.25, 0.3) is 0 Å². The lowest BCUT2D eigenvalue weighted by molar-refractivity contribution is 0.346. The summed E-state index contributed by atoms with van der Waals surface area (Å²) in [6.45, 7) is 7.76. The Bertz CT molecular complexity index is 399. The SMILES string of the molecule is CNCc1cnc(N(C)CCN2CCCC2)c(C)c1. The minimum Gasteiger partial charge on any atom is -0.358 e. The maximum atomic E-state index is 4.61. The molecule has 19 heavy (non-hydrogen) atoms. The van der Waals surface area contributed by atoms with Crippen molar-refractivity contribution in [1.29, 1.82) is 0 Å². The van der Waals surface area contributed by atoms with Crippen molar-refractivity contribution in [3.05, 3.63) is 23.4 Å². The largest absolute Gasteiger partial charge is 0.358 e. The van der Waals surface area contributed by atoms with Crippen LogP contribution in [0.15, 0.2) is 12.3 Å². The second-order valence-corrected chi connectivity index (χ2v) is 5.48. The fraction of sp³-hybridized carbons (Fsp3) is 0.667. The van der Waals surface area contributed by atoms with Gasteiger partial charge in [0.1, 0.15) is 5.82 Å². The molecule has 1 N–H and O–H groups in total. The number of aromatic nitrogens is 1. The number of rotatable bonds is 6. The Hall–Kier alpha value is -1.13. The molecule has 2 rings (SSSR count). The Balaban J connectivity index is 1.92. The van der Waals surface area contributed by atoms with E-state index in [-0.39, 0.29) is 0 Å². The number of hydrogen-bond acceptors (Lipinski definition) is 4. The summed E-state index contributed by atoms with van der Waals surface area (Å²) in [4.78, 5) is 9.43. The van der Waals surface area contributed by atoms with E-state index in [1.54, 1.807) is 0 Å². The van der Waals surface area contributed by atoms with Gasteiger partial charge in [0.15, 0.2) is 0 Å². The number of anilines is 1. The Labute approximate surface area is 116 Å². The predicted molar refractivity (Wildman–Crippen MR) is 80.7 cm³/mol. The lowest BCUT2D eigenvalue weighted by Gasteiger charge is -2.23. The van der Waals surface area contributed by atoms with Gasteiger partial charge in [0.05, 0.1) is 0 Å². The summed E-state index contributed by atoms with van der Waals surface area (Å²) in [5.41, 5.74) is 2.51. The van der Waals surface area contributed by atoms with Gasteiger partial charge in [-0.25, -0.2) is 4.98 Å². The van der Waals surface area contributed by atoms with Gasteiger partial charge in [0.2, 0.25) is 0 Å². The second-order valence-electron chi connectivity index (χ2n) is 5.48. The summed E-state index contributed by atoms with van der Waals surface area (Å²) in [5, 5.41) is 3.16. The Kier molecular flexibility index (Phi) is 5.16. The van der Waals surface area contributed by atoms with E-state index in [0.29, 0.717) is 0 Å². The first kappa shape index (κ1) is 14.3. The molecule has 1 fully saturated rings. The van der Waals surface area contributed by atoms with Crippen LogP contribution >= 0.6 is 0 Å². The maximum Gasteiger partial charge on any atom is 0.131 e. The molecule has 1 aliphatic heterocycles. The second kappa shape index (κ2) is 6.87. The van der Waals surface area contributed by atoms with Gasteiger partial charge < -0.3 is 15.1 Å². The molecule has 0 spiro atoms. The Morgan fingerprint density at radius 1 is 1.37 bits per heavy atom. The van der Waals surface area contributed by atoms with E-state index in [1.165, 1.54) is 37.1 Å². The minimum atomic E-state index is 0.881. The number of pyridine rings is 1. The van der Waals surface area contributed by atoms with E-state index in [2.05, 4.69) is 40.1 Å². The van der Waals surface area contributed by atoms with Crippen LogP contribution in [0.5, 0.6) is 0 Å². The summed E-state index contributed by atoms with van der Waals surface area (Å²) in [6, 6.07) is 2.23. The summed E-state index contributed by atoms with van der Waals surface area (Å²) < 4.78 is 0. The van der Waals surface area contributed by atoms with Crippen molar-refractivity contribution in [3.8, 4) is 0 Å². The topological polar surface area (TPSA) is 31.4 Å². The van der Waals surface area contributed by atoms with Crippen molar-refractivity contribution in [3.63, 3.8) is 0 Å². The number of aryl methyl sites for hydroxylation is 1. The molecule has 106 valence electrons. The Morgan fingerprint density at radius 3 is 2.74 bits per heavy atom. The van der Waals surface area contributed by atoms with Gasteiger partial charge in [-0.05, 0) is 57.1 Å². The fourth-order valence-electron chi connectivity index (χ4n) is 2.73. The van der Waals surface area contributed by atoms with Crippen LogP contribution in [-0.2, 0) is 6.54 Å². The number of nitrogens with zero attached hydrogens (tertiary/aromatic N) is 3.